The third-order valence-corrected chi connectivity index (χ3v) is 4.68. The van der Waals surface area contributed by atoms with Gasteiger partial charge in [-0.15, -0.1) is 0 Å². The molecule has 0 N–H and O–H groups in total. The summed E-state index contributed by atoms with van der Waals surface area (Å²) in [4.78, 5) is 4.47. The lowest BCUT2D eigenvalue weighted by atomic mass is 10.00. The lowest BCUT2D eigenvalue weighted by Crippen LogP contribution is -2.18. The van der Waals surface area contributed by atoms with Crippen molar-refractivity contribution in [2.75, 3.05) is 5.01 Å². The van der Waals surface area contributed by atoms with E-state index in [0.29, 0.717) is 0 Å². The van der Waals surface area contributed by atoms with Gasteiger partial charge in [-0.2, -0.15) is 5.10 Å². The van der Waals surface area contributed by atoms with E-state index in [2.05, 4.69) is 62.3 Å². The minimum Gasteiger partial charge on any atom is -0.257 e. The normalized spacial score (nSPS) is 17.0. The SMILES string of the molecule is Brc1ccc(N2N=C(c3ccccn3)C[C@@H]2c2ccccc2)cc1. The molecule has 0 fully saturated rings. The zero-order valence-corrected chi connectivity index (χ0v) is 14.6. The molecule has 24 heavy (non-hydrogen) atoms. The van der Waals surface area contributed by atoms with Gasteiger partial charge in [0.15, 0.2) is 0 Å². The molecule has 118 valence electrons. The first-order valence-electron chi connectivity index (χ1n) is 7.90. The van der Waals surface area contributed by atoms with Gasteiger partial charge < -0.3 is 0 Å². The summed E-state index contributed by atoms with van der Waals surface area (Å²) in [6, 6.07) is 24.9. The van der Waals surface area contributed by atoms with Crippen LogP contribution in [0.3, 0.4) is 0 Å². The van der Waals surface area contributed by atoms with Crippen molar-refractivity contribution in [2.24, 2.45) is 5.10 Å². The fourth-order valence-corrected chi connectivity index (χ4v) is 3.23. The van der Waals surface area contributed by atoms with E-state index < -0.39 is 0 Å². The Kier molecular flexibility index (Phi) is 4.13. The van der Waals surface area contributed by atoms with E-state index >= 15 is 0 Å². The fraction of sp³-hybridized carbons (Fsp3) is 0.100. The molecule has 3 nitrogen and oxygen atoms in total. The number of benzene rings is 2. The summed E-state index contributed by atoms with van der Waals surface area (Å²) in [6.07, 6.45) is 2.66. The van der Waals surface area contributed by atoms with E-state index in [9.17, 15) is 0 Å². The number of nitrogens with zero attached hydrogens (tertiary/aromatic N) is 3. The highest BCUT2D eigenvalue weighted by Crippen LogP contribution is 2.36. The second-order valence-electron chi connectivity index (χ2n) is 5.71. The van der Waals surface area contributed by atoms with Crippen molar-refractivity contribution in [3.63, 3.8) is 0 Å². The first kappa shape index (κ1) is 15.1. The van der Waals surface area contributed by atoms with E-state index in [1.165, 1.54) is 5.56 Å². The zero-order valence-electron chi connectivity index (χ0n) is 13.0. The average Bonchev–Trinajstić information content (AvgIpc) is 3.09. The van der Waals surface area contributed by atoms with Crippen LogP contribution in [-0.4, -0.2) is 10.7 Å². The number of halogens is 1. The minimum atomic E-state index is 0.185. The molecule has 0 amide bonds. The number of hydrogen-bond donors (Lipinski definition) is 0. The van der Waals surface area contributed by atoms with Gasteiger partial charge in [-0.1, -0.05) is 52.3 Å². The lowest BCUT2D eigenvalue weighted by Gasteiger charge is -2.24. The summed E-state index contributed by atoms with van der Waals surface area (Å²) in [6.45, 7) is 0. The van der Waals surface area contributed by atoms with Crippen LogP contribution in [0.2, 0.25) is 0 Å². The van der Waals surface area contributed by atoms with Crippen LogP contribution in [0, 0.1) is 0 Å². The molecule has 1 aromatic heterocycles. The van der Waals surface area contributed by atoms with Crippen LogP contribution in [0.25, 0.3) is 0 Å². The van der Waals surface area contributed by atoms with Crippen LogP contribution in [0.15, 0.2) is 88.6 Å². The lowest BCUT2D eigenvalue weighted by molar-refractivity contribution is 0.709. The molecule has 0 aliphatic carbocycles. The topological polar surface area (TPSA) is 28.5 Å². The number of hydrazone groups is 1. The molecular weight excluding hydrogens is 362 g/mol. The summed E-state index contributed by atoms with van der Waals surface area (Å²) < 4.78 is 1.07. The first-order chi connectivity index (χ1) is 11.8. The molecule has 0 radical (unpaired) electrons. The van der Waals surface area contributed by atoms with Gasteiger partial charge in [0.05, 0.1) is 23.1 Å². The Hall–Kier alpha value is -2.46. The molecule has 0 saturated carbocycles. The number of rotatable bonds is 3. The van der Waals surface area contributed by atoms with Crippen molar-refractivity contribution in [1.29, 1.82) is 0 Å². The van der Waals surface area contributed by atoms with E-state index in [0.717, 1.165) is 28.0 Å². The Labute approximate surface area is 149 Å². The highest BCUT2D eigenvalue weighted by atomic mass is 79.9. The van der Waals surface area contributed by atoms with Gasteiger partial charge in [0.2, 0.25) is 0 Å². The Morgan fingerprint density at radius 3 is 2.33 bits per heavy atom. The molecule has 1 aliphatic heterocycles. The van der Waals surface area contributed by atoms with E-state index in [4.69, 9.17) is 5.10 Å². The van der Waals surface area contributed by atoms with E-state index in [1.807, 2.05) is 42.6 Å². The fourth-order valence-electron chi connectivity index (χ4n) is 2.97. The molecular formula is C20H16BrN3. The molecule has 2 heterocycles. The summed E-state index contributed by atoms with van der Waals surface area (Å²) in [7, 11) is 0. The molecule has 0 spiro atoms. The highest BCUT2D eigenvalue weighted by Gasteiger charge is 2.30. The predicted octanol–water partition coefficient (Wildman–Crippen LogP) is 5.20. The van der Waals surface area contributed by atoms with Gasteiger partial charge in [-0.3, -0.25) is 9.99 Å². The third-order valence-electron chi connectivity index (χ3n) is 4.15. The second-order valence-corrected chi connectivity index (χ2v) is 6.63. The van der Waals surface area contributed by atoms with Gasteiger partial charge >= 0.3 is 0 Å². The Morgan fingerprint density at radius 2 is 1.62 bits per heavy atom. The van der Waals surface area contributed by atoms with Crippen LogP contribution in [-0.2, 0) is 0 Å². The number of pyridine rings is 1. The molecule has 0 unspecified atom stereocenters. The molecule has 0 saturated heterocycles. The summed E-state index contributed by atoms with van der Waals surface area (Å²) in [5, 5.41) is 6.99. The summed E-state index contributed by atoms with van der Waals surface area (Å²) in [5.74, 6) is 0. The second kappa shape index (κ2) is 6.57. The van der Waals surface area contributed by atoms with Gasteiger partial charge in [0.1, 0.15) is 0 Å². The summed E-state index contributed by atoms with van der Waals surface area (Å²) in [5.41, 5.74) is 4.30. The van der Waals surface area contributed by atoms with Crippen LogP contribution in [0.4, 0.5) is 5.69 Å². The van der Waals surface area contributed by atoms with Crippen molar-refractivity contribution >= 4 is 27.3 Å². The average molecular weight is 378 g/mol. The van der Waals surface area contributed by atoms with Crippen LogP contribution in [0.1, 0.15) is 23.7 Å². The van der Waals surface area contributed by atoms with Crippen molar-refractivity contribution in [1.82, 2.24) is 4.98 Å². The molecule has 4 rings (SSSR count). The van der Waals surface area contributed by atoms with Gasteiger partial charge in [0.25, 0.3) is 0 Å². The van der Waals surface area contributed by atoms with Gasteiger partial charge in [0, 0.05) is 17.1 Å². The van der Waals surface area contributed by atoms with Crippen molar-refractivity contribution < 1.29 is 0 Å². The monoisotopic (exact) mass is 377 g/mol. The highest BCUT2D eigenvalue weighted by molar-refractivity contribution is 9.10. The van der Waals surface area contributed by atoms with Crippen molar-refractivity contribution in [3.05, 3.63) is 94.7 Å². The minimum absolute atomic E-state index is 0.185. The predicted molar refractivity (Wildman–Crippen MR) is 101 cm³/mol. The largest absolute Gasteiger partial charge is 0.257 e. The van der Waals surface area contributed by atoms with Gasteiger partial charge in [-0.25, -0.2) is 0 Å². The standard InChI is InChI=1S/C20H16BrN3/c21-16-9-11-17(12-10-16)24-20(15-6-2-1-3-7-15)14-19(23-24)18-8-4-5-13-22-18/h1-13,20H,14H2/t20-/m1/s1. The zero-order chi connectivity index (χ0) is 16.4. The first-order valence-corrected chi connectivity index (χ1v) is 8.69. The Morgan fingerprint density at radius 1 is 0.875 bits per heavy atom. The summed E-state index contributed by atoms with van der Waals surface area (Å²) >= 11 is 3.50. The molecule has 0 bridgehead atoms. The van der Waals surface area contributed by atoms with E-state index in [1.54, 1.807) is 0 Å². The maximum atomic E-state index is 4.89. The van der Waals surface area contributed by atoms with E-state index in [-0.39, 0.29) is 6.04 Å². The van der Waals surface area contributed by atoms with Gasteiger partial charge in [-0.05, 0) is 42.0 Å². The molecule has 1 atom stereocenters. The van der Waals surface area contributed by atoms with Crippen molar-refractivity contribution in [3.8, 4) is 0 Å². The third kappa shape index (κ3) is 2.97. The molecule has 1 aliphatic rings. The number of anilines is 1. The number of aromatic nitrogens is 1. The van der Waals surface area contributed by atoms with Crippen LogP contribution in [0.5, 0.6) is 0 Å². The Balaban J connectivity index is 1.75. The smallest absolute Gasteiger partial charge is 0.0890 e. The maximum Gasteiger partial charge on any atom is 0.0890 e. The quantitative estimate of drug-likeness (QED) is 0.627. The Bertz CT molecular complexity index is 845. The van der Waals surface area contributed by atoms with Crippen molar-refractivity contribution in [2.45, 2.75) is 12.5 Å². The molecule has 4 heteroatoms. The van der Waals surface area contributed by atoms with Crippen LogP contribution < -0.4 is 5.01 Å². The molecule has 3 aromatic rings. The maximum absolute atomic E-state index is 4.89. The number of hydrogen-bond acceptors (Lipinski definition) is 3. The van der Waals surface area contributed by atoms with Crippen LogP contribution >= 0.6 is 15.9 Å². The molecule has 2 aromatic carbocycles.